The second-order valence-corrected chi connectivity index (χ2v) is 5.25. The molecule has 2 aliphatic heterocycles. The van der Waals surface area contributed by atoms with Crippen molar-refractivity contribution in [2.45, 2.75) is 25.3 Å². The molecule has 5 heteroatoms. The van der Waals surface area contributed by atoms with Crippen molar-refractivity contribution in [3.05, 3.63) is 0 Å². The third-order valence-electron chi connectivity index (χ3n) is 3.84. The van der Waals surface area contributed by atoms with Crippen molar-refractivity contribution >= 4 is 6.03 Å². The first kappa shape index (κ1) is 12.6. The molecule has 0 aromatic rings. The molecule has 0 saturated carbocycles. The Bertz CT molecular complexity index is 255. The molecule has 5 nitrogen and oxygen atoms in total. The maximum atomic E-state index is 11.6. The molecule has 98 valence electrons. The van der Waals surface area contributed by atoms with Gasteiger partial charge >= 0.3 is 6.03 Å². The number of hydrogen-bond acceptors (Lipinski definition) is 3. The van der Waals surface area contributed by atoms with E-state index in [1.54, 1.807) is 0 Å². The van der Waals surface area contributed by atoms with Crippen LogP contribution in [0.3, 0.4) is 0 Å². The Labute approximate surface area is 103 Å². The van der Waals surface area contributed by atoms with Crippen LogP contribution in [0.5, 0.6) is 0 Å². The van der Waals surface area contributed by atoms with Gasteiger partial charge in [0.15, 0.2) is 0 Å². The number of piperidine rings is 1. The smallest absolute Gasteiger partial charge is 0.314 e. The van der Waals surface area contributed by atoms with Crippen LogP contribution in [-0.4, -0.2) is 56.7 Å². The molecule has 2 aliphatic rings. The molecule has 0 aromatic carbocycles. The number of likely N-dealkylation sites (N-methyl/N-ethyl adjacent to an activating group) is 1. The highest BCUT2D eigenvalue weighted by Gasteiger charge is 2.20. The quantitative estimate of drug-likeness (QED) is 0.648. The minimum atomic E-state index is -0.0177. The summed E-state index contributed by atoms with van der Waals surface area (Å²) < 4.78 is 0. The van der Waals surface area contributed by atoms with Gasteiger partial charge in [0.2, 0.25) is 0 Å². The zero-order valence-electron chi connectivity index (χ0n) is 10.7. The second kappa shape index (κ2) is 6.21. The monoisotopic (exact) mass is 240 g/mol. The molecule has 1 unspecified atom stereocenters. The van der Waals surface area contributed by atoms with Crippen LogP contribution in [0.25, 0.3) is 0 Å². The Morgan fingerprint density at radius 1 is 1.29 bits per heavy atom. The van der Waals surface area contributed by atoms with Gasteiger partial charge in [-0.25, -0.2) is 4.79 Å². The van der Waals surface area contributed by atoms with Crippen molar-refractivity contribution in [2.24, 2.45) is 5.92 Å². The zero-order chi connectivity index (χ0) is 12.1. The molecule has 0 aliphatic carbocycles. The number of hydrogen-bond donors (Lipinski definition) is 3. The standard InChI is InChI=1S/C12H24N4O/c1-16-5-3-2-4-11(16)9-15-12(17)14-8-10-6-13-7-10/h10-11,13H,2-9H2,1H3,(H2,14,15,17). The number of nitrogens with one attached hydrogen (secondary N) is 3. The number of carbonyl (C=O) groups excluding carboxylic acids is 1. The Morgan fingerprint density at radius 2 is 2.06 bits per heavy atom. The van der Waals surface area contributed by atoms with Crippen LogP contribution in [0.15, 0.2) is 0 Å². The molecule has 3 N–H and O–H groups in total. The number of likely N-dealkylation sites (tertiary alicyclic amines) is 1. The Balaban J connectivity index is 1.57. The summed E-state index contributed by atoms with van der Waals surface area (Å²) >= 11 is 0. The average molecular weight is 240 g/mol. The first-order valence-corrected chi connectivity index (χ1v) is 6.68. The van der Waals surface area contributed by atoms with E-state index in [0.29, 0.717) is 12.0 Å². The van der Waals surface area contributed by atoms with E-state index in [2.05, 4.69) is 27.9 Å². The lowest BCUT2D eigenvalue weighted by molar-refractivity contribution is 0.179. The normalized spacial score (nSPS) is 26.3. The SMILES string of the molecule is CN1CCCCC1CNC(=O)NCC1CNC1. The highest BCUT2D eigenvalue weighted by molar-refractivity contribution is 5.73. The summed E-state index contributed by atoms with van der Waals surface area (Å²) in [7, 11) is 2.14. The predicted molar refractivity (Wildman–Crippen MR) is 68.0 cm³/mol. The van der Waals surface area contributed by atoms with Crippen LogP contribution >= 0.6 is 0 Å². The van der Waals surface area contributed by atoms with E-state index in [1.807, 2.05) is 0 Å². The van der Waals surface area contributed by atoms with Gasteiger partial charge in [0, 0.05) is 38.1 Å². The van der Waals surface area contributed by atoms with Crippen molar-refractivity contribution in [3.8, 4) is 0 Å². The molecule has 2 fully saturated rings. The molecule has 2 amide bonds. The van der Waals surface area contributed by atoms with Crippen LogP contribution in [-0.2, 0) is 0 Å². The number of urea groups is 1. The Hall–Kier alpha value is -0.810. The lowest BCUT2D eigenvalue weighted by Gasteiger charge is -2.32. The number of nitrogens with zero attached hydrogens (tertiary/aromatic N) is 1. The van der Waals surface area contributed by atoms with E-state index in [4.69, 9.17) is 0 Å². The van der Waals surface area contributed by atoms with Gasteiger partial charge in [-0.3, -0.25) is 0 Å². The summed E-state index contributed by atoms with van der Waals surface area (Å²) in [6.07, 6.45) is 3.77. The van der Waals surface area contributed by atoms with E-state index in [1.165, 1.54) is 19.3 Å². The van der Waals surface area contributed by atoms with E-state index < -0.39 is 0 Å². The molecule has 17 heavy (non-hydrogen) atoms. The number of rotatable bonds is 4. The molecular weight excluding hydrogens is 216 g/mol. The minimum Gasteiger partial charge on any atom is -0.338 e. The van der Waals surface area contributed by atoms with Gasteiger partial charge in [0.1, 0.15) is 0 Å². The third-order valence-corrected chi connectivity index (χ3v) is 3.84. The lowest BCUT2D eigenvalue weighted by atomic mass is 10.0. The second-order valence-electron chi connectivity index (χ2n) is 5.25. The summed E-state index contributed by atoms with van der Waals surface area (Å²) in [5.41, 5.74) is 0. The van der Waals surface area contributed by atoms with Crippen LogP contribution in [0.4, 0.5) is 4.79 Å². The van der Waals surface area contributed by atoms with Crippen molar-refractivity contribution in [1.82, 2.24) is 20.9 Å². The van der Waals surface area contributed by atoms with Gasteiger partial charge < -0.3 is 20.9 Å². The van der Waals surface area contributed by atoms with Gasteiger partial charge in [0.05, 0.1) is 0 Å². The van der Waals surface area contributed by atoms with Crippen molar-refractivity contribution in [3.63, 3.8) is 0 Å². The van der Waals surface area contributed by atoms with Gasteiger partial charge in [-0.15, -0.1) is 0 Å². The maximum absolute atomic E-state index is 11.6. The lowest BCUT2D eigenvalue weighted by Crippen LogP contribution is -2.51. The summed E-state index contributed by atoms with van der Waals surface area (Å²) in [5.74, 6) is 0.623. The summed E-state index contributed by atoms with van der Waals surface area (Å²) in [5, 5.41) is 9.10. The molecule has 2 rings (SSSR count). The first-order chi connectivity index (χ1) is 8.25. The Kier molecular flexibility index (Phi) is 4.62. The fourth-order valence-electron chi connectivity index (χ4n) is 2.40. The van der Waals surface area contributed by atoms with Crippen LogP contribution in [0.2, 0.25) is 0 Å². The average Bonchev–Trinajstić information content (AvgIpc) is 2.26. The summed E-state index contributed by atoms with van der Waals surface area (Å²) in [6, 6.07) is 0.496. The molecular formula is C12H24N4O. The van der Waals surface area contributed by atoms with Crippen molar-refractivity contribution < 1.29 is 4.79 Å². The molecule has 0 radical (unpaired) electrons. The van der Waals surface area contributed by atoms with Crippen LogP contribution in [0.1, 0.15) is 19.3 Å². The van der Waals surface area contributed by atoms with Crippen LogP contribution < -0.4 is 16.0 Å². The maximum Gasteiger partial charge on any atom is 0.314 e. The summed E-state index contributed by atoms with van der Waals surface area (Å²) in [6.45, 7) is 4.78. The van der Waals surface area contributed by atoms with E-state index in [-0.39, 0.29) is 6.03 Å². The molecule has 2 heterocycles. The predicted octanol–water partition coefficient (Wildman–Crippen LogP) is -0.0107. The fraction of sp³-hybridized carbons (Fsp3) is 0.917. The van der Waals surface area contributed by atoms with E-state index >= 15 is 0 Å². The highest BCUT2D eigenvalue weighted by atomic mass is 16.2. The van der Waals surface area contributed by atoms with E-state index in [9.17, 15) is 4.79 Å². The number of carbonyl (C=O) groups is 1. The highest BCUT2D eigenvalue weighted by Crippen LogP contribution is 2.13. The largest absolute Gasteiger partial charge is 0.338 e. The number of amides is 2. The van der Waals surface area contributed by atoms with Crippen LogP contribution in [0, 0.1) is 5.92 Å². The molecule has 0 bridgehead atoms. The van der Waals surface area contributed by atoms with E-state index in [0.717, 1.165) is 32.7 Å². The van der Waals surface area contributed by atoms with Crippen molar-refractivity contribution in [2.75, 3.05) is 39.8 Å². The molecule has 0 aromatic heterocycles. The fourth-order valence-corrected chi connectivity index (χ4v) is 2.40. The third kappa shape index (κ3) is 3.85. The molecule has 1 atom stereocenters. The van der Waals surface area contributed by atoms with Crippen molar-refractivity contribution in [1.29, 1.82) is 0 Å². The summed E-state index contributed by atoms with van der Waals surface area (Å²) in [4.78, 5) is 13.9. The topological polar surface area (TPSA) is 56.4 Å². The zero-order valence-corrected chi connectivity index (χ0v) is 10.7. The Morgan fingerprint density at radius 3 is 2.71 bits per heavy atom. The minimum absolute atomic E-state index is 0.0177. The van der Waals surface area contributed by atoms with Gasteiger partial charge in [0.25, 0.3) is 0 Å². The van der Waals surface area contributed by atoms with Gasteiger partial charge in [-0.1, -0.05) is 6.42 Å². The molecule has 2 saturated heterocycles. The van der Waals surface area contributed by atoms with Gasteiger partial charge in [-0.05, 0) is 26.4 Å². The molecule has 0 spiro atoms. The first-order valence-electron chi connectivity index (χ1n) is 6.68. The van der Waals surface area contributed by atoms with Gasteiger partial charge in [-0.2, -0.15) is 0 Å².